The Morgan fingerprint density at radius 1 is 1.27 bits per heavy atom. The minimum Gasteiger partial charge on any atom is -0.480 e. The Morgan fingerprint density at radius 3 is 2.47 bits per heavy atom. The lowest BCUT2D eigenvalue weighted by molar-refractivity contribution is -0.139. The fraction of sp³-hybridized carbons (Fsp3) is 0.565. The number of carboxylic acids is 1. The van der Waals surface area contributed by atoms with E-state index in [1.54, 1.807) is 27.0 Å². The molecule has 1 aromatic carbocycles. The first-order chi connectivity index (χ1) is 14.0. The molecule has 0 aliphatic carbocycles. The lowest BCUT2D eigenvalue weighted by atomic mass is 10.00. The molecule has 0 bridgehead atoms. The zero-order chi connectivity index (χ0) is 22.3. The van der Waals surface area contributed by atoms with Gasteiger partial charge < -0.3 is 25.0 Å². The van der Waals surface area contributed by atoms with E-state index in [9.17, 15) is 14.7 Å². The number of aromatic amines is 1. The third-order valence-corrected chi connectivity index (χ3v) is 5.10. The van der Waals surface area contributed by atoms with Gasteiger partial charge in [-0.3, -0.25) is 0 Å². The Balaban J connectivity index is 0.000000335. The largest absolute Gasteiger partial charge is 0.480 e. The predicted octanol–water partition coefficient (Wildman–Crippen LogP) is 4.04. The van der Waals surface area contributed by atoms with E-state index >= 15 is 0 Å². The number of hydrogen-bond acceptors (Lipinski definition) is 4. The summed E-state index contributed by atoms with van der Waals surface area (Å²) < 4.78 is 5.10. The van der Waals surface area contributed by atoms with Crippen molar-refractivity contribution in [2.24, 2.45) is 5.92 Å². The van der Waals surface area contributed by atoms with Crippen LogP contribution in [0.5, 0.6) is 0 Å². The molecule has 30 heavy (non-hydrogen) atoms. The topological polar surface area (TPSA) is 94.7 Å². The van der Waals surface area contributed by atoms with Crippen molar-refractivity contribution < 1.29 is 19.4 Å². The van der Waals surface area contributed by atoms with Gasteiger partial charge in [-0.25, -0.2) is 9.59 Å². The summed E-state index contributed by atoms with van der Waals surface area (Å²) in [6, 6.07) is 6.56. The molecule has 1 saturated heterocycles. The van der Waals surface area contributed by atoms with Crippen LogP contribution in [0.15, 0.2) is 30.5 Å². The molecule has 3 N–H and O–H groups in total. The van der Waals surface area contributed by atoms with Gasteiger partial charge in [-0.15, -0.1) is 0 Å². The fourth-order valence-electron chi connectivity index (χ4n) is 3.31. The zero-order valence-corrected chi connectivity index (χ0v) is 18.7. The number of carbonyl (C=O) groups is 2. The van der Waals surface area contributed by atoms with Crippen molar-refractivity contribution in [2.75, 3.05) is 20.1 Å². The van der Waals surface area contributed by atoms with Gasteiger partial charge in [0.1, 0.15) is 11.6 Å². The van der Waals surface area contributed by atoms with E-state index in [1.807, 2.05) is 24.3 Å². The molecule has 2 heterocycles. The number of carboxylic acid groups (broad SMARTS) is 1. The number of likely N-dealkylation sites (tertiary alicyclic amines) is 1. The highest BCUT2D eigenvalue weighted by Crippen LogP contribution is 2.19. The molecule has 3 rings (SSSR count). The van der Waals surface area contributed by atoms with Crippen LogP contribution >= 0.6 is 0 Å². The van der Waals surface area contributed by atoms with E-state index < -0.39 is 23.7 Å². The number of para-hydroxylation sites is 1. The average molecular weight is 418 g/mol. The summed E-state index contributed by atoms with van der Waals surface area (Å²) in [5.74, 6) is -0.123. The molecule has 0 spiro atoms. The molecule has 1 amide bonds. The normalized spacial score (nSPS) is 16.4. The van der Waals surface area contributed by atoms with Gasteiger partial charge >= 0.3 is 12.1 Å². The van der Waals surface area contributed by atoms with Crippen LogP contribution in [-0.2, 0) is 16.0 Å². The number of H-pyrrole nitrogens is 1. The molecule has 1 unspecified atom stereocenters. The first-order valence-electron chi connectivity index (χ1n) is 10.5. The first kappa shape index (κ1) is 23.7. The van der Waals surface area contributed by atoms with Crippen molar-refractivity contribution in [1.29, 1.82) is 0 Å². The van der Waals surface area contributed by atoms with Crippen LogP contribution in [0.2, 0.25) is 0 Å². The molecule has 7 nitrogen and oxygen atoms in total. The number of alkyl carbamates (subject to hydrolysis) is 1. The van der Waals surface area contributed by atoms with Gasteiger partial charge in [-0.05, 0) is 71.3 Å². The van der Waals surface area contributed by atoms with Crippen molar-refractivity contribution in [3.8, 4) is 0 Å². The highest BCUT2D eigenvalue weighted by molar-refractivity contribution is 5.85. The third kappa shape index (κ3) is 7.71. The number of hydrogen-bond donors (Lipinski definition) is 3. The number of ether oxygens (including phenoxy) is 1. The summed E-state index contributed by atoms with van der Waals surface area (Å²) in [6.45, 7) is 10.1. The van der Waals surface area contributed by atoms with Crippen LogP contribution in [0.4, 0.5) is 4.79 Å². The summed E-state index contributed by atoms with van der Waals surface area (Å²) >= 11 is 0. The quantitative estimate of drug-likeness (QED) is 0.698. The second-order valence-corrected chi connectivity index (χ2v) is 9.09. The summed E-state index contributed by atoms with van der Waals surface area (Å²) in [5.41, 5.74) is 1.09. The minimum absolute atomic E-state index is 0.179. The van der Waals surface area contributed by atoms with E-state index in [1.165, 1.54) is 25.9 Å². The number of nitrogens with one attached hydrogen (secondary N) is 2. The van der Waals surface area contributed by atoms with Gasteiger partial charge in [0.25, 0.3) is 0 Å². The number of fused-ring (bicyclic) bond motifs is 1. The number of aliphatic carboxylic acids is 1. The van der Waals surface area contributed by atoms with E-state index in [2.05, 4.69) is 29.2 Å². The number of benzene rings is 1. The van der Waals surface area contributed by atoms with Crippen molar-refractivity contribution in [2.45, 2.75) is 58.6 Å². The number of carbonyl (C=O) groups excluding carboxylic acids is 1. The number of rotatable bonds is 4. The number of nitrogens with zero attached hydrogens (tertiary/aromatic N) is 1. The molecule has 1 aliphatic heterocycles. The summed E-state index contributed by atoms with van der Waals surface area (Å²) in [6.07, 6.45) is 4.00. The lowest BCUT2D eigenvalue weighted by Crippen LogP contribution is -2.44. The standard InChI is InChI=1S/C16H20N2O4.C7H15N/c1-16(2,3)22-15(21)18-13(14(19)20)8-10-9-17-12-7-5-4-6-11(10)12;1-7-3-5-8(2)6-4-7/h4-7,9,13,17H,8H2,1-3H3,(H,18,21)(H,19,20);7H,3-6H2,1-2H3. The Morgan fingerprint density at radius 2 is 1.90 bits per heavy atom. The maximum Gasteiger partial charge on any atom is 0.408 e. The van der Waals surface area contributed by atoms with Crippen molar-refractivity contribution in [1.82, 2.24) is 15.2 Å². The molecule has 0 saturated carbocycles. The van der Waals surface area contributed by atoms with Crippen LogP contribution < -0.4 is 5.32 Å². The fourth-order valence-corrected chi connectivity index (χ4v) is 3.31. The van der Waals surface area contributed by atoms with E-state index in [4.69, 9.17) is 4.74 Å². The van der Waals surface area contributed by atoms with E-state index in [0.29, 0.717) is 0 Å². The Hall–Kier alpha value is -2.54. The number of amides is 1. The van der Waals surface area contributed by atoms with Crippen LogP contribution in [0.25, 0.3) is 10.9 Å². The van der Waals surface area contributed by atoms with Crippen molar-refractivity contribution in [3.63, 3.8) is 0 Å². The lowest BCUT2D eigenvalue weighted by Gasteiger charge is -2.26. The third-order valence-electron chi connectivity index (χ3n) is 5.10. The summed E-state index contributed by atoms with van der Waals surface area (Å²) in [7, 11) is 2.20. The summed E-state index contributed by atoms with van der Waals surface area (Å²) in [4.78, 5) is 28.6. The van der Waals surface area contributed by atoms with Gasteiger partial charge in [-0.2, -0.15) is 0 Å². The maximum absolute atomic E-state index is 11.8. The maximum atomic E-state index is 11.8. The summed E-state index contributed by atoms with van der Waals surface area (Å²) in [5, 5.41) is 12.7. The molecule has 2 aromatic rings. The van der Waals surface area contributed by atoms with Gasteiger partial charge in [0.15, 0.2) is 0 Å². The van der Waals surface area contributed by atoms with Gasteiger partial charge in [0, 0.05) is 23.5 Å². The monoisotopic (exact) mass is 417 g/mol. The highest BCUT2D eigenvalue weighted by Gasteiger charge is 2.25. The molecule has 166 valence electrons. The average Bonchev–Trinajstić information content (AvgIpc) is 3.06. The molecule has 1 aliphatic rings. The minimum atomic E-state index is -1.10. The molecule has 1 atom stereocenters. The molecule has 7 heteroatoms. The van der Waals surface area contributed by atoms with Crippen LogP contribution in [0.3, 0.4) is 0 Å². The van der Waals surface area contributed by atoms with Crippen LogP contribution in [-0.4, -0.2) is 58.8 Å². The molecular formula is C23H35N3O4. The number of piperidine rings is 1. The van der Waals surface area contributed by atoms with Crippen LogP contribution in [0, 0.1) is 5.92 Å². The molecular weight excluding hydrogens is 382 g/mol. The van der Waals surface area contributed by atoms with Crippen molar-refractivity contribution >= 4 is 23.0 Å². The highest BCUT2D eigenvalue weighted by atomic mass is 16.6. The zero-order valence-electron chi connectivity index (χ0n) is 18.7. The second-order valence-electron chi connectivity index (χ2n) is 9.09. The van der Waals surface area contributed by atoms with Gasteiger partial charge in [0.05, 0.1) is 0 Å². The Kier molecular flexibility index (Phi) is 8.29. The van der Waals surface area contributed by atoms with Gasteiger partial charge in [-0.1, -0.05) is 25.1 Å². The Labute approximate surface area is 178 Å². The Bertz CT molecular complexity index is 822. The van der Waals surface area contributed by atoms with E-state index in [0.717, 1.165) is 22.4 Å². The smallest absolute Gasteiger partial charge is 0.408 e. The molecule has 0 radical (unpaired) electrons. The molecule has 1 aromatic heterocycles. The second kappa shape index (κ2) is 10.5. The van der Waals surface area contributed by atoms with Crippen molar-refractivity contribution in [3.05, 3.63) is 36.0 Å². The number of aromatic nitrogens is 1. The first-order valence-corrected chi connectivity index (χ1v) is 10.5. The van der Waals surface area contributed by atoms with E-state index in [-0.39, 0.29) is 6.42 Å². The molecule has 1 fully saturated rings. The van der Waals surface area contributed by atoms with Gasteiger partial charge in [0.2, 0.25) is 0 Å². The predicted molar refractivity (Wildman–Crippen MR) is 119 cm³/mol. The SMILES string of the molecule is CC(C)(C)OC(=O)NC(Cc1c[nH]c2ccccc12)C(=O)O.CC1CCN(C)CC1. The van der Waals surface area contributed by atoms with Crippen LogP contribution in [0.1, 0.15) is 46.1 Å².